The van der Waals surface area contributed by atoms with Crippen LogP contribution in [0.25, 0.3) is 0 Å². The molecule has 0 amide bonds. The minimum absolute atomic E-state index is 0.572. The van der Waals surface area contributed by atoms with Gasteiger partial charge in [0.1, 0.15) is 0 Å². The van der Waals surface area contributed by atoms with Gasteiger partial charge in [-0.05, 0) is 32.2 Å². The van der Waals surface area contributed by atoms with Crippen molar-refractivity contribution in [3.05, 3.63) is 0 Å². The molecule has 2 heteroatoms. The van der Waals surface area contributed by atoms with E-state index in [0.717, 1.165) is 24.8 Å². The van der Waals surface area contributed by atoms with Crippen molar-refractivity contribution in [3.8, 4) is 0 Å². The Balaban J connectivity index is 3.50. The summed E-state index contributed by atoms with van der Waals surface area (Å²) in [6.07, 6.45) is 6.41. The van der Waals surface area contributed by atoms with Crippen LogP contribution in [0.4, 0.5) is 0 Å². The van der Waals surface area contributed by atoms with Crippen LogP contribution in [0.3, 0.4) is 0 Å². The summed E-state index contributed by atoms with van der Waals surface area (Å²) in [6, 6.07) is 0.572. The molecule has 0 aliphatic rings. The Morgan fingerprint density at radius 3 is 2.43 bits per heavy atom. The molecular weight excluding hydrogens is 194 g/mol. The van der Waals surface area contributed by atoms with Gasteiger partial charge in [-0.2, -0.15) is 0 Å². The third kappa shape index (κ3) is 7.64. The largest absolute Gasteiger partial charge is 0.314 e. The molecular formula is C12H26ClN. The maximum Gasteiger partial charge on any atom is 0.0238 e. The summed E-state index contributed by atoms with van der Waals surface area (Å²) >= 11 is 5.69. The second kappa shape index (κ2) is 9.79. The summed E-state index contributed by atoms with van der Waals surface area (Å²) in [5, 5.41) is 3.56. The monoisotopic (exact) mass is 219 g/mol. The van der Waals surface area contributed by atoms with Crippen molar-refractivity contribution in [2.75, 3.05) is 12.4 Å². The Morgan fingerprint density at radius 2 is 1.93 bits per heavy atom. The van der Waals surface area contributed by atoms with Gasteiger partial charge in [-0.3, -0.25) is 0 Å². The maximum absolute atomic E-state index is 5.69. The predicted molar refractivity (Wildman–Crippen MR) is 66.1 cm³/mol. The zero-order valence-electron chi connectivity index (χ0n) is 9.98. The normalized spacial score (nSPS) is 15.4. The molecule has 0 saturated carbocycles. The third-order valence-corrected chi connectivity index (χ3v) is 3.06. The van der Waals surface area contributed by atoms with E-state index in [9.17, 15) is 0 Å². The van der Waals surface area contributed by atoms with Crippen LogP contribution >= 0.6 is 11.6 Å². The molecule has 1 N–H and O–H groups in total. The van der Waals surface area contributed by atoms with E-state index in [0.29, 0.717) is 6.04 Å². The fraction of sp³-hybridized carbons (Fsp3) is 1.00. The molecule has 0 aliphatic carbocycles. The van der Waals surface area contributed by atoms with E-state index in [1.165, 1.54) is 25.7 Å². The molecule has 0 aliphatic heterocycles. The van der Waals surface area contributed by atoms with Crippen molar-refractivity contribution in [1.82, 2.24) is 5.32 Å². The number of halogens is 1. The van der Waals surface area contributed by atoms with E-state index in [-0.39, 0.29) is 0 Å². The van der Waals surface area contributed by atoms with Crippen LogP contribution in [0.15, 0.2) is 0 Å². The van der Waals surface area contributed by atoms with Crippen molar-refractivity contribution >= 4 is 11.6 Å². The molecule has 2 atom stereocenters. The van der Waals surface area contributed by atoms with Crippen LogP contribution in [-0.2, 0) is 0 Å². The lowest BCUT2D eigenvalue weighted by molar-refractivity contribution is 0.392. The molecule has 0 spiro atoms. The Labute approximate surface area is 94.6 Å². The molecule has 0 aromatic carbocycles. The highest BCUT2D eigenvalue weighted by atomic mass is 35.5. The van der Waals surface area contributed by atoms with E-state index in [2.05, 4.69) is 26.1 Å². The minimum Gasteiger partial charge on any atom is -0.314 e. The van der Waals surface area contributed by atoms with Crippen LogP contribution in [0.2, 0.25) is 0 Å². The molecule has 2 unspecified atom stereocenters. The topological polar surface area (TPSA) is 12.0 Å². The second-order valence-electron chi connectivity index (χ2n) is 4.20. The first-order valence-electron chi connectivity index (χ1n) is 6.03. The molecule has 0 aromatic rings. The first-order chi connectivity index (χ1) is 6.74. The summed E-state index contributed by atoms with van der Waals surface area (Å²) < 4.78 is 0. The molecule has 0 fully saturated rings. The maximum atomic E-state index is 5.69. The summed E-state index contributed by atoms with van der Waals surface area (Å²) in [5.41, 5.74) is 0. The van der Waals surface area contributed by atoms with Crippen LogP contribution in [0.5, 0.6) is 0 Å². The molecule has 1 nitrogen and oxygen atoms in total. The standard InChI is InChI=1S/C12H26ClN/c1-4-6-7-12(5-2)10-14-11(3)8-9-13/h11-12,14H,4-10H2,1-3H3. The van der Waals surface area contributed by atoms with Gasteiger partial charge in [-0.1, -0.05) is 33.1 Å². The number of hydrogen-bond acceptors (Lipinski definition) is 1. The van der Waals surface area contributed by atoms with Gasteiger partial charge in [0.15, 0.2) is 0 Å². The summed E-state index contributed by atoms with van der Waals surface area (Å²) in [7, 11) is 0. The molecule has 86 valence electrons. The number of nitrogens with one attached hydrogen (secondary N) is 1. The highest BCUT2D eigenvalue weighted by Gasteiger charge is 2.07. The molecule has 0 rings (SSSR count). The first kappa shape index (κ1) is 14.2. The van der Waals surface area contributed by atoms with Crippen LogP contribution in [0, 0.1) is 5.92 Å². The van der Waals surface area contributed by atoms with Gasteiger partial charge in [-0.15, -0.1) is 11.6 Å². The summed E-state index contributed by atoms with van der Waals surface area (Å²) in [6.45, 7) is 7.92. The zero-order valence-corrected chi connectivity index (χ0v) is 10.7. The number of rotatable bonds is 9. The average molecular weight is 220 g/mol. The van der Waals surface area contributed by atoms with Crippen LogP contribution in [0.1, 0.15) is 52.9 Å². The van der Waals surface area contributed by atoms with E-state index in [4.69, 9.17) is 11.6 Å². The van der Waals surface area contributed by atoms with Crippen LogP contribution < -0.4 is 5.32 Å². The van der Waals surface area contributed by atoms with Gasteiger partial charge >= 0.3 is 0 Å². The number of alkyl halides is 1. The Hall–Kier alpha value is 0.250. The lowest BCUT2D eigenvalue weighted by atomic mass is 9.99. The molecule has 0 radical (unpaired) electrons. The molecule has 0 heterocycles. The number of hydrogen-bond donors (Lipinski definition) is 1. The summed E-state index contributed by atoms with van der Waals surface area (Å²) in [5.74, 6) is 1.62. The van der Waals surface area contributed by atoms with Gasteiger partial charge in [-0.25, -0.2) is 0 Å². The third-order valence-electron chi connectivity index (χ3n) is 2.84. The lowest BCUT2D eigenvalue weighted by Gasteiger charge is -2.18. The van der Waals surface area contributed by atoms with Crippen LogP contribution in [-0.4, -0.2) is 18.5 Å². The van der Waals surface area contributed by atoms with E-state index in [1.54, 1.807) is 0 Å². The van der Waals surface area contributed by atoms with Crippen molar-refractivity contribution in [1.29, 1.82) is 0 Å². The predicted octanol–water partition coefficient (Wildman–Crippen LogP) is 3.81. The molecule has 0 bridgehead atoms. The van der Waals surface area contributed by atoms with Gasteiger partial charge in [0, 0.05) is 11.9 Å². The fourth-order valence-corrected chi connectivity index (χ4v) is 1.90. The fourth-order valence-electron chi connectivity index (χ4n) is 1.58. The SMILES string of the molecule is CCCCC(CC)CNC(C)CCCl. The highest BCUT2D eigenvalue weighted by Crippen LogP contribution is 2.11. The molecule has 0 aromatic heterocycles. The lowest BCUT2D eigenvalue weighted by Crippen LogP contribution is -2.31. The van der Waals surface area contributed by atoms with Gasteiger partial charge in [0.2, 0.25) is 0 Å². The first-order valence-corrected chi connectivity index (χ1v) is 6.57. The van der Waals surface area contributed by atoms with E-state index < -0.39 is 0 Å². The van der Waals surface area contributed by atoms with Crippen molar-refractivity contribution in [3.63, 3.8) is 0 Å². The smallest absolute Gasteiger partial charge is 0.0238 e. The van der Waals surface area contributed by atoms with Gasteiger partial charge in [0.05, 0.1) is 0 Å². The zero-order chi connectivity index (χ0) is 10.8. The molecule has 0 saturated heterocycles. The van der Waals surface area contributed by atoms with Crippen molar-refractivity contribution in [2.45, 2.75) is 58.9 Å². The van der Waals surface area contributed by atoms with Gasteiger partial charge < -0.3 is 5.32 Å². The quantitative estimate of drug-likeness (QED) is 0.582. The second-order valence-corrected chi connectivity index (χ2v) is 4.58. The van der Waals surface area contributed by atoms with E-state index >= 15 is 0 Å². The van der Waals surface area contributed by atoms with E-state index in [1.807, 2.05) is 0 Å². The van der Waals surface area contributed by atoms with Gasteiger partial charge in [0.25, 0.3) is 0 Å². The van der Waals surface area contributed by atoms with Crippen molar-refractivity contribution in [2.24, 2.45) is 5.92 Å². The molecule has 14 heavy (non-hydrogen) atoms. The Morgan fingerprint density at radius 1 is 1.21 bits per heavy atom. The minimum atomic E-state index is 0.572. The number of unbranched alkanes of at least 4 members (excludes halogenated alkanes) is 1. The Kier molecular flexibility index (Phi) is 9.97. The summed E-state index contributed by atoms with van der Waals surface area (Å²) in [4.78, 5) is 0. The van der Waals surface area contributed by atoms with Crippen molar-refractivity contribution < 1.29 is 0 Å². The Bertz CT molecular complexity index is 117. The highest BCUT2D eigenvalue weighted by molar-refractivity contribution is 6.17. The average Bonchev–Trinajstić information content (AvgIpc) is 2.19.